The SMILES string of the molecule is NCc1ccc(-c2ccc(Cl)cn2)cc1. The Bertz CT molecular complexity index is 434. The van der Waals surface area contributed by atoms with E-state index in [2.05, 4.69) is 4.98 Å². The Labute approximate surface area is 93.7 Å². The van der Waals surface area contributed by atoms with E-state index >= 15 is 0 Å². The number of nitrogens with two attached hydrogens (primary N) is 1. The van der Waals surface area contributed by atoms with Crippen LogP contribution in [-0.4, -0.2) is 4.98 Å². The third kappa shape index (κ3) is 2.35. The summed E-state index contributed by atoms with van der Waals surface area (Å²) in [5.41, 5.74) is 8.64. The summed E-state index contributed by atoms with van der Waals surface area (Å²) in [6, 6.07) is 11.8. The highest BCUT2D eigenvalue weighted by Crippen LogP contribution is 2.18. The molecule has 2 nitrogen and oxygen atoms in total. The molecule has 1 heterocycles. The first-order valence-corrected chi connectivity index (χ1v) is 5.08. The van der Waals surface area contributed by atoms with Gasteiger partial charge < -0.3 is 5.73 Å². The molecule has 2 aromatic rings. The zero-order chi connectivity index (χ0) is 10.7. The van der Waals surface area contributed by atoms with Crippen LogP contribution in [0.15, 0.2) is 42.6 Å². The Balaban J connectivity index is 2.33. The van der Waals surface area contributed by atoms with Gasteiger partial charge in [-0.15, -0.1) is 0 Å². The molecule has 76 valence electrons. The van der Waals surface area contributed by atoms with Crippen molar-refractivity contribution in [1.82, 2.24) is 4.98 Å². The minimum atomic E-state index is 0.564. The summed E-state index contributed by atoms with van der Waals surface area (Å²) in [5, 5.41) is 0.650. The van der Waals surface area contributed by atoms with E-state index in [1.54, 1.807) is 6.20 Å². The van der Waals surface area contributed by atoms with Crippen LogP contribution in [-0.2, 0) is 6.54 Å². The number of aromatic nitrogens is 1. The lowest BCUT2D eigenvalue weighted by atomic mass is 10.1. The first-order valence-electron chi connectivity index (χ1n) is 4.70. The van der Waals surface area contributed by atoms with E-state index in [0.29, 0.717) is 11.6 Å². The summed E-state index contributed by atoms with van der Waals surface area (Å²) < 4.78 is 0. The van der Waals surface area contributed by atoms with Crippen LogP contribution >= 0.6 is 11.6 Å². The topological polar surface area (TPSA) is 38.9 Å². The summed E-state index contributed by atoms with van der Waals surface area (Å²) in [5.74, 6) is 0. The second-order valence-electron chi connectivity index (χ2n) is 3.26. The van der Waals surface area contributed by atoms with Gasteiger partial charge in [-0.05, 0) is 17.7 Å². The molecule has 1 aromatic carbocycles. The molecule has 0 spiro atoms. The molecular weight excluding hydrogens is 208 g/mol. The van der Waals surface area contributed by atoms with Gasteiger partial charge in [0.05, 0.1) is 10.7 Å². The molecule has 3 heteroatoms. The average molecular weight is 219 g/mol. The van der Waals surface area contributed by atoms with E-state index in [4.69, 9.17) is 17.3 Å². The zero-order valence-electron chi connectivity index (χ0n) is 8.15. The van der Waals surface area contributed by atoms with Crippen molar-refractivity contribution in [2.75, 3.05) is 0 Å². The van der Waals surface area contributed by atoms with Gasteiger partial charge in [-0.25, -0.2) is 0 Å². The lowest BCUT2D eigenvalue weighted by Gasteiger charge is -2.02. The first-order chi connectivity index (χ1) is 7.29. The number of rotatable bonds is 2. The monoisotopic (exact) mass is 218 g/mol. The van der Waals surface area contributed by atoms with Gasteiger partial charge in [-0.3, -0.25) is 4.98 Å². The molecule has 0 bridgehead atoms. The van der Waals surface area contributed by atoms with Crippen molar-refractivity contribution in [2.45, 2.75) is 6.54 Å². The fraction of sp³-hybridized carbons (Fsp3) is 0.0833. The maximum atomic E-state index is 5.77. The summed E-state index contributed by atoms with van der Waals surface area (Å²) in [4.78, 5) is 4.24. The van der Waals surface area contributed by atoms with Crippen LogP contribution in [0.4, 0.5) is 0 Å². The summed E-state index contributed by atoms with van der Waals surface area (Å²) in [7, 11) is 0. The average Bonchev–Trinajstić information content (AvgIpc) is 2.30. The molecule has 0 aliphatic carbocycles. The predicted molar refractivity (Wildman–Crippen MR) is 62.6 cm³/mol. The van der Waals surface area contributed by atoms with Gasteiger partial charge in [0.25, 0.3) is 0 Å². The van der Waals surface area contributed by atoms with Crippen LogP contribution in [0.5, 0.6) is 0 Å². The number of benzene rings is 1. The van der Waals surface area contributed by atoms with Crippen LogP contribution in [0.1, 0.15) is 5.56 Å². The second-order valence-corrected chi connectivity index (χ2v) is 3.70. The van der Waals surface area contributed by atoms with Crippen LogP contribution in [0.2, 0.25) is 5.02 Å². The standard InChI is InChI=1S/C12H11ClN2/c13-11-5-6-12(15-8-11)10-3-1-9(7-14)2-4-10/h1-6,8H,7,14H2. The first kappa shape index (κ1) is 10.1. The molecule has 2 rings (SSSR count). The molecule has 0 unspecified atom stereocenters. The van der Waals surface area contributed by atoms with Crippen LogP contribution < -0.4 is 5.73 Å². The predicted octanol–water partition coefficient (Wildman–Crippen LogP) is 2.86. The fourth-order valence-electron chi connectivity index (χ4n) is 1.36. The molecule has 0 aliphatic rings. The van der Waals surface area contributed by atoms with E-state index in [-0.39, 0.29) is 0 Å². The highest BCUT2D eigenvalue weighted by atomic mass is 35.5. The largest absolute Gasteiger partial charge is 0.326 e. The molecule has 0 amide bonds. The van der Waals surface area contributed by atoms with E-state index in [1.807, 2.05) is 36.4 Å². The number of halogens is 1. The maximum Gasteiger partial charge on any atom is 0.0703 e. The molecule has 0 radical (unpaired) electrons. The quantitative estimate of drug-likeness (QED) is 0.842. The highest BCUT2D eigenvalue weighted by Gasteiger charge is 1.98. The van der Waals surface area contributed by atoms with Gasteiger partial charge in [0, 0.05) is 18.3 Å². The lowest BCUT2D eigenvalue weighted by molar-refractivity contribution is 1.07. The van der Waals surface area contributed by atoms with Gasteiger partial charge in [0.1, 0.15) is 0 Å². The van der Waals surface area contributed by atoms with Crippen molar-refractivity contribution in [2.24, 2.45) is 5.73 Å². The Morgan fingerprint density at radius 1 is 1.07 bits per heavy atom. The van der Waals surface area contributed by atoms with Crippen molar-refractivity contribution < 1.29 is 0 Å². The van der Waals surface area contributed by atoms with E-state index in [1.165, 1.54) is 0 Å². The van der Waals surface area contributed by atoms with Gasteiger partial charge >= 0.3 is 0 Å². The minimum absolute atomic E-state index is 0.564. The van der Waals surface area contributed by atoms with E-state index < -0.39 is 0 Å². The summed E-state index contributed by atoms with van der Waals surface area (Å²) in [6.45, 7) is 0.564. The number of hydrogen-bond acceptors (Lipinski definition) is 2. The molecule has 0 saturated heterocycles. The summed E-state index contributed by atoms with van der Waals surface area (Å²) in [6.07, 6.45) is 1.65. The maximum absolute atomic E-state index is 5.77. The molecular formula is C12H11ClN2. The van der Waals surface area contributed by atoms with Crippen molar-refractivity contribution in [3.63, 3.8) is 0 Å². The van der Waals surface area contributed by atoms with Crippen molar-refractivity contribution in [3.8, 4) is 11.3 Å². The number of hydrogen-bond donors (Lipinski definition) is 1. The molecule has 0 saturated carbocycles. The zero-order valence-corrected chi connectivity index (χ0v) is 8.91. The number of nitrogens with zero attached hydrogens (tertiary/aromatic N) is 1. The Morgan fingerprint density at radius 3 is 2.33 bits per heavy atom. The third-order valence-corrected chi connectivity index (χ3v) is 2.44. The van der Waals surface area contributed by atoms with Crippen LogP contribution in [0.25, 0.3) is 11.3 Å². The highest BCUT2D eigenvalue weighted by molar-refractivity contribution is 6.30. The van der Waals surface area contributed by atoms with Gasteiger partial charge in [0.15, 0.2) is 0 Å². The van der Waals surface area contributed by atoms with Crippen molar-refractivity contribution >= 4 is 11.6 Å². The molecule has 1 aromatic heterocycles. The van der Waals surface area contributed by atoms with Gasteiger partial charge in [-0.1, -0.05) is 35.9 Å². The normalized spacial score (nSPS) is 10.3. The third-order valence-electron chi connectivity index (χ3n) is 2.21. The molecule has 0 aliphatic heterocycles. The Kier molecular flexibility index (Phi) is 2.99. The van der Waals surface area contributed by atoms with E-state index in [9.17, 15) is 0 Å². The molecule has 15 heavy (non-hydrogen) atoms. The number of pyridine rings is 1. The van der Waals surface area contributed by atoms with Crippen LogP contribution in [0.3, 0.4) is 0 Å². The molecule has 0 fully saturated rings. The lowest BCUT2D eigenvalue weighted by Crippen LogP contribution is -1.95. The molecule has 0 atom stereocenters. The summed E-state index contributed by atoms with van der Waals surface area (Å²) >= 11 is 5.77. The smallest absolute Gasteiger partial charge is 0.0703 e. The molecule has 2 N–H and O–H groups in total. The van der Waals surface area contributed by atoms with Crippen LogP contribution in [0, 0.1) is 0 Å². The second kappa shape index (κ2) is 4.43. The fourth-order valence-corrected chi connectivity index (χ4v) is 1.47. The van der Waals surface area contributed by atoms with Crippen molar-refractivity contribution in [1.29, 1.82) is 0 Å². The van der Waals surface area contributed by atoms with Gasteiger partial charge in [0.2, 0.25) is 0 Å². The Morgan fingerprint density at radius 2 is 1.80 bits per heavy atom. The van der Waals surface area contributed by atoms with Gasteiger partial charge in [-0.2, -0.15) is 0 Å². The van der Waals surface area contributed by atoms with Crippen molar-refractivity contribution in [3.05, 3.63) is 53.2 Å². The van der Waals surface area contributed by atoms with E-state index in [0.717, 1.165) is 16.8 Å². The Hall–Kier alpha value is -1.38. The minimum Gasteiger partial charge on any atom is -0.326 e.